The third kappa shape index (κ3) is 3.46. The van der Waals surface area contributed by atoms with Gasteiger partial charge < -0.3 is 10.6 Å². The third-order valence-electron chi connectivity index (χ3n) is 3.34. The first-order chi connectivity index (χ1) is 11.2. The van der Waals surface area contributed by atoms with Gasteiger partial charge >= 0.3 is 0 Å². The van der Waals surface area contributed by atoms with Gasteiger partial charge in [0.2, 0.25) is 5.91 Å². The average molecular weight is 344 g/mol. The van der Waals surface area contributed by atoms with E-state index < -0.39 is 0 Å². The molecule has 0 atom stereocenters. The van der Waals surface area contributed by atoms with Crippen molar-refractivity contribution in [3.05, 3.63) is 41.8 Å². The zero-order chi connectivity index (χ0) is 16.2. The Kier molecular flexibility index (Phi) is 4.78. The van der Waals surface area contributed by atoms with E-state index in [9.17, 15) is 4.79 Å². The van der Waals surface area contributed by atoms with Crippen LogP contribution in [0.3, 0.4) is 0 Å². The Balaban J connectivity index is 1.72. The number of para-hydroxylation sites is 1. The van der Waals surface area contributed by atoms with Gasteiger partial charge in [-0.1, -0.05) is 30.0 Å². The number of benzene rings is 1. The molecular weight excluding hydrogens is 328 g/mol. The highest BCUT2D eigenvalue weighted by Gasteiger charge is 2.15. The molecule has 0 radical (unpaired) electrons. The van der Waals surface area contributed by atoms with Crippen molar-refractivity contribution < 1.29 is 4.79 Å². The number of amides is 1. The highest BCUT2D eigenvalue weighted by molar-refractivity contribution is 7.99. The van der Waals surface area contributed by atoms with Crippen molar-refractivity contribution in [2.45, 2.75) is 12.1 Å². The van der Waals surface area contributed by atoms with Crippen LogP contribution in [0.4, 0.5) is 11.5 Å². The van der Waals surface area contributed by atoms with E-state index in [1.807, 2.05) is 48.7 Å². The number of aromatic nitrogens is 2. The van der Waals surface area contributed by atoms with E-state index in [2.05, 4.69) is 9.97 Å². The number of rotatable bonds is 5. The molecule has 2 heterocycles. The standard InChI is InChI=1S/C16H16N4OS2/c1-2-20(11-6-4-3-5-7-11)13(21)10-23-16-18-14(17)12-8-9-22-15(12)19-16/h3-9H,2,10H2,1H3,(H2,17,18,19). The van der Waals surface area contributed by atoms with E-state index in [4.69, 9.17) is 5.73 Å². The Labute approximate surface area is 142 Å². The molecule has 0 bridgehead atoms. The molecule has 0 saturated carbocycles. The molecule has 1 aromatic carbocycles. The summed E-state index contributed by atoms with van der Waals surface area (Å²) in [6, 6.07) is 11.5. The third-order valence-corrected chi connectivity index (χ3v) is 4.98. The fourth-order valence-corrected chi connectivity index (χ4v) is 3.79. The fourth-order valence-electron chi connectivity index (χ4n) is 2.24. The molecule has 0 fully saturated rings. The summed E-state index contributed by atoms with van der Waals surface area (Å²) in [5, 5.41) is 3.34. The molecule has 1 amide bonds. The molecule has 2 N–H and O–H groups in total. The fraction of sp³-hybridized carbons (Fsp3) is 0.188. The minimum Gasteiger partial charge on any atom is -0.383 e. The quantitative estimate of drug-likeness (QED) is 0.567. The number of nitrogens with zero attached hydrogens (tertiary/aromatic N) is 3. The van der Waals surface area contributed by atoms with E-state index in [-0.39, 0.29) is 11.7 Å². The Bertz CT molecular complexity index is 819. The van der Waals surface area contributed by atoms with Crippen LogP contribution in [0.1, 0.15) is 6.92 Å². The number of nitrogen functional groups attached to an aromatic ring is 1. The zero-order valence-electron chi connectivity index (χ0n) is 12.6. The lowest BCUT2D eigenvalue weighted by Gasteiger charge is -2.20. The lowest BCUT2D eigenvalue weighted by Crippen LogP contribution is -2.32. The monoisotopic (exact) mass is 344 g/mol. The zero-order valence-corrected chi connectivity index (χ0v) is 14.2. The van der Waals surface area contributed by atoms with E-state index in [0.29, 0.717) is 17.5 Å². The van der Waals surface area contributed by atoms with Gasteiger partial charge in [-0.15, -0.1) is 11.3 Å². The molecule has 0 aliphatic rings. The van der Waals surface area contributed by atoms with Crippen LogP contribution in [0.15, 0.2) is 46.9 Å². The molecule has 3 aromatic rings. The molecule has 23 heavy (non-hydrogen) atoms. The van der Waals surface area contributed by atoms with Crippen molar-refractivity contribution in [3.8, 4) is 0 Å². The van der Waals surface area contributed by atoms with Crippen LogP contribution in [-0.4, -0.2) is 28.2 Å². The van der Waals surface area contributed by atoms with Gasteiger partial charge in [-0.25, -0.2) is 9.97 Å². The van der Waals surface area contributed by atoms with Crippen molar-refractivity contribution >= 4 is 50.7 Å². The Hall–Kier alpha value is -2.12. The smallest absolute Gasteiger partial charge is 0.237 e. The lowest BCUT2D eigenvalue weighted by atomic mass is 10.3. The molecule has 0 spiro atoms. The van der Waals surface area contributed by atoms with Crippen LogP contribution in [0.2, 0.25) is 0 Å². The van der Waals surface area contributed by atoms with E-state index in [0.717, 1.165) is 15.9 Å². The van der Waals surface area contributed by atoms with Gasteiger partial charge in [0.25, 0.3) is 0 Å². The summed E-state index contributed by atoms with van der Waals surface area (Å²) in [5.74, 6) is 0.762. The number of thioether (sulfide) groups is 1. The van der Waals surface area contributed by atoms with Crippen molar-refractivity contribution in [1.82, 2.24) is 9.97 Å². The van der Waals surface area contributed by atoms with Crippen molar-refractivity contribution in [2.75, 3.05) is 22.9 Å². The number of carbonyl (C=O) groups is 1. The first-order valence-electron chi connectivity index (χ1n) is 7.18. The largest absolute Gasteiger partial charge is 0.383 e. The molecule has 0 aliphatic carbocycles. The van der Waals surface area contributed by atoms with Gasteiger partial charge in [-0.2, -0.15) is 0 Å². The molecule has 2 aromatic heterocycles. The molecule has 0 saturated heterocycles. The number of hydrogen-bond donors (Lipinski definition) is 1. The number of carbonyl (C=O) groups excluding carboxylic acids is 1. The second-order valence-electron chi connectivity index (χ2n) is 4.79. The summed E-state index contributed by atoms with van der Waals surface area (Å²) in [6.45, 7) is 2.58. The number of thiophene rings is 1. The molecular formula is C16H16N4OS2. The first kappa shape index (κ1) is 15.8. The van der Waals surface area contributed by atoms with Crippen molar-refractivity contribution in [1.29, 1.82) is 0 Å². The minimum absolute atomic E-state index is 0.0251. The molecule has 5 nitrogen and oxygen atoms in total. The maximum atomic E-state index is 12.5. The minimum atomic E-state index is 0.0251. The maximum Gasteiger partial charge on any atom is 0.237 e. The molecule has 0 aliphatic heterocycles. The predicted molar refractivity (Wildman–Crippen MR) is 97.0 cm³/mol. The summed E-state index contributed by atoms with van der Waals surface area (Å²) in [6.07, 6.45) is 0. The number of hydrogen-bond acceptors (Lipinski definition) is 6. The summed E-state index contributed by atoms with van der Waals surface area (Å²) in [4.78, 5) is 23.8. The topological polar surface area (TPSA) is 72.1 Å². The van der Waals surface area contributed by atoms with E-state index in [1.165, 1.54) is 23.1 Å². The van der Waals surface area contributed by atoms with Crippen molar-refractivity contribution in [2.24, 2.45) is 0 Å². The van der Waals surface area contributed by atoms with E-state index >= 15 is 0 Å². The lowest BCUT2D eigenvalue weighted by molar-refractivity contribution is -0.116. The first-order valence-corrected chi connectivity index (χ1v) is 9.04. The van der Waals surface area contributed by atoms with Crippen LogP contribution in [0.25, 0.3) is 10.2 Å². The summed E-state index contributed by atoms with van der Waals surface area (Å²) < 4.78 is 0. The second-order valence-corrected chi connectivity index (χ2v) is 6.63. The van der Waals surface area contributed by atoms with Gasteiger partial charge in [0.05, 0.1) is 11.1 Å². The number of fused-ring (bicyclic) bond motifs is 1. The molecule has 3 rings (SSSR count). The van der Waals surface area contributed by atoms with Gasteiger partial charge in [0.15, 0.2) is 5.16 Å². The van der Waals surface area contributed by atoms with Gasteiger partial charge in [-0.3, -0.25) is 4.79 Å². The summed E-state index contributed by atoms with van der Waals surface area (Å²) in [5.41, 5.74) is 6.83. The molecule has 7 heteroatoms. The summed E-state index contributed by atoms with van der Waals surface area (Å²) >= 11 is 2.83. The number of anilines is 2. The van der Waals surface area contributed by atoms with Crippen LogP contribution in [0.5, 0.6) is 0 Å². The Morgan fingerprint density at radius 2 is 2.04 bits per heavy atom. The maximum absolute atomic E-state index is 12.5. The Morgan fingerprint density at radius 1 is 1.26 bits per heavy atom. The predicted octanol–water partition coefficient (Wildman–Crippen LogP) is 3.42. The average Bonchev–Trinajstić information content (AvgIpc) is 3.04. The number of nitrogens with two attached hydrogens (primary N) is 1. The van der Waals surface area contributed by atoms with E-state index in [1.54, 1.807) is 4.90 Å². The highest BCUT2D eigenvalue weighted by atomic mass is 32.2. The van der Waals surface area contributed by atoms with Gasteiger partial charge in [-0.05, 0) is 30.5 Å². The Morgan fingerprint density at radius 3 is 2.78 bits per heavy atom. The van der Waals surface area contributed by atoms with Gasteiger partial charge in [0.1, 0.15) is 10.6 Å². The SMILES string of the molecule is CCN(C(=O)CSc1nc(N)c2ccsc2n1)c1ccccc1. The van der Waals surface area contributed by atoms with Crippen LogP contribution >= 0.6 is 23.1 Å². The summed E-state index contributed by atoms with van der Waals surface area (Å²) in [7, 11) is 0. The normalized spacial score (nSPS) is 10.8. The van der Waals surface area contributed by atoms with Crippen LogP contribution in [-0.2, 0) is 4.79 Å². The van der Waals surface area contributed by atoms with Gasteiger partial charge in [0, 0.05) is 12.2 Å². The highest BCUT2D eigenvalue weighted by Crippen LogP contribution is 2.26. The van der Waals surface area contributed by atoms with Crippen LogP contribution < -0.4 is 10.6 Å². The second kappa shape index (κ2) is 6.97. The molecule has 118 valence electrons. The van der Waals surface area contributed by atoms with Crippen molar-refractivity contribution in [3.63, 3.8) is 0 Å². The molecule has 0 unspecified atom stereocenters. The van der Waals surface area contributed by atoms with Crippen LogP contribution in [0, 0.1) is 0 Å².